The lowest BCUT2D eigenvalue weighted by Gasteiger charge is -2.29. The molecule has 2 heterocycles. The van der Waals surface area contributed by atoms with E-state index in [1.54, 1.807) is 0 Å². The molecule has 4 rings (SSSR count). The van der Waals surface area contributed by atoms with E-state index >= 15 is 0 Å². The number of aromatic nitrogens is 4. The summed E-state index contributed by atoms with van der Waals surface area (Å²) in [6.45, 7) is 6.63. The number of allylic oxidation sites excluding steroid dienone is 4. The highest BCUT2D eigenvalue weighted by Crippen LogP contribution is 2.39. The Bertz CT molecular complexity index is 946. The smallest absolute Gasteiger partial charge is 0.279 e. The van der Waals surface area contributed by atoms with Gasteiger partial charge in [-0.2, -0.15) is 10.1 Å². The van der Waals surface area contributed by atoms with Crippen molar-refractivity contribution < 1.29 is 9.32 Å². The lowest BCUT2D eigenvalue weighted by Crippen LogP contribution is -2.23. The zero-order valence-electron chi connectivity index (χ0n) is 16.5. The van der Waals surface area contributed by atoms with Crippen molar-refractivity contribution in [1.29, 1.82) is 0 Å². The molecule has 0 fully saturated rings. The third-order valence-corrected chi connectivity index (χ3v) is 5.78. The summed E-state index contributed by atoms with van der Waals surface area (Å²) in [5, 5.41) is 8.90. The molecule has 0 aromatic carbocycles. The second-order valence-corrected chi connectivity index (χ2v) is 8.53. The second-order valence-electron chi connectivity index (χ2n) is 8.53. The van der Waals surface area contributed by atoms with E-state index in [0.29, 0.717) is 23.6 Å². The fourth-order valence-electron chi connectivity index (χ4n) is 4.19. The Hall–Kier alpha value is -2.50. The molecule has 0 aliphatic heterocycles. The highest BCUT2D eigenvalue weighted by molar-refractivity contribution is 5.76. The molecule has 2 aromatic heterocycles. The van der Waals surface area contributed by atoms with Crippen molar-refractivity contribution in [1.82, 2.24) is 19.9 Å². The Morgan fingerprint density at radius 2 is 2.22 bits per heavy atom. The Morgan fingerprint density at radius 3 is 2.96 bits per heavy atom. The Balaban J connectivity index is 1.63. The van der Waals surface area contributed by atoms with Crippen molar-refractivity contribution in [3.63, 3.8) is 0 Å². The number of rotatable bonds is 4. The van der Waals surface area contributed by atoms with Gasteiger partial charge in [-0.25, -0.2) is 0 Å². The third-order valence-electron chi connectivity index (χ3n) is 5.78. The minimum atomic E-state index is 0.267. The van der Waals surface area contributed by atoms with Crippen LogP contribution in [0.5, 0.6) is 0 Å². The number of hydrogen-bond donors (Lipinski definition) is 0. The average molecular weight is 366 g/mol. The molecule has 0 N–H and O–H groups in total. The van der Waals surface area contributed by atoms with Gasteiger partial charge in [0.25, 0.3) is 5.89 Å². The summed E-state index contributed by atoms with van der Waals surface area (Å²) in [4.78, 5) is 15.4. The Kier molecular flexibility index (Phi) is 4.36. The van der Waals surface area contributed by atoms with Crippen molar-refractivity contribution in [2.75, 3.05) is 0 Å². The van der Waals surface area contributed by atoms with Gasteiger partial charge in [-0.3, -0.25) is 4.68 Å². The van der Waals surface area contributed by atoms with E-state index < -0.39 is 0 Å². The topological polar surface area (TPSA) is 73.8 Å². The van der Waals surface area contributed by atoms with Gasteiger partial charge >= 0.3 is 0 Å². The van der Waals surface area contributed by atoms with Crippen LogP contribution in [0.4, 0.5) is 0 Å². The molecule has 0 bridgehead atoms. The summed E-state index contributed by atoms with van der Waals surface area (Å²) in [6, 6.07) is 0. The van der Waals surface area contributed by atoms with Gasteiger partial charge < -0.3 is 9.32 Å². The van der Waals surface area contributed by atoms with Crippen LogP contribution in [0.15, 0.2) is 22.2 Å². The first-order valence-electron chi connectivity index (χ1n) is 9.60. The van der Waals surface area contributed by atoms with Crippen LogP contribution in [0.2, 0.25) is 0 Å². The average Bonchev–Trinajstić information content (AvgIpc) is 3.20. The summed E-state index contributed by atoms with van der Waals surface area (Å²) in [7, 11) is 1.99. The largest absolute Gasteiger partial charge is 0.332 e. The minimum absolute atomic E-state index is 0.267. The van der Waals surface area contributed by atoms with E-state index in [4.69, 9.17) is 4.52 Å². The third kappa shape index (κ3) is 3.29. The van der Waals surface area contributed by atoms with Crippen molar-refractivity contribution in [3.05, 3.63) is 34.8 Å². The molecule has 0 saturated heterocycles. The molecule has 6 heteroatoms. The number of carbonyl (C=O) groups is 1. The van der Waals surface area contributed by atoms with E-state index in [1.165, 1.54) is 11.3 Å². The number of aldehydes is 1. The maximum Gasteiger partial charge on any atom is 0.279 e. The fraction of sp³-hybridized carbons (Fsp3) is 0.524. The van der Waals surface area contributed by atoms with Crippen molar-refractivity contribution in [3.8, 4) is 11.6 Å². The number of aryl methyl sites for hydroxylation is 1. The van der Waals surface area contributed by atoms with Gasteiger partial charge in [0.15, 0.2) is 5.69 Å². The molecule has 0 radical (unpaired) electrons. The molecule has 6 nitrogen and oxygen atoms in total. The molecule has 2 aliphatic carbocycles. The molecular formula is C21H26N4O2. The molecule has 142 valence electrons. The van der Waals surface area contributed by atoms with Crippen molar-refractivity contribution in [2.24, 2.45) is 18.4 Å². The van der Waals surface area contributed by atoms with E-state index in [9.17, 15) is 4.79 Å². The van der Waals surface area contributed by atoms with Gasteiger partial charge in [-0.1, -0.05) is 31.2 Å². The van der Waals surface area contributed by atoms with Crippen LogP contribution in [0.25, 0.3) is 17.2 Å². The maximum atomic E-state index is 10.8. The van der Waals surface area contributed by atoms with Crippen LogP contribution in [-0.4, -0.2) is 26.2 Å². The molecule has 0 amide bonds. The molecule has 1 unspecified atom stereocenters. The van der Waals surface area contributed by atoms with Crippen LogP contribution in [0.1, 0.15) is 57.1 Å². The first kappa shape index (κ1) is 17.9. The maximum absolute atomic E-state index is 10.8. The fourth-order valence-corrected chi connectivity index (χ4v) is 4.19. The number of nitrogens with zero attached hydrogens (tertiary/aromatic N) is 4. The van der Waals surface area contributed by atoms with Gasteiger partial charge in [0, 0.05) is 30.3 Å². The Morgan fingerprint density at radius 1 is 1.41 bits per heavy atom. The van der Waals surface area contributed by atoms with Gasteiger partial charge in [0.05, 0.1) is 0 Å². The highest BCUT2D eigenvalue weighted by Gasteiger charge is 2.32. The zero-order chi connectivity index (χ0) is 19.2. The SMILES string of the molecule is CC1=CC(CC=O)CC=C1c1noc(-c2nn(C)c3c2CCC(C)(C)C3)n1. The standard InChI is InChI=1S/C21H26N4O2/c1-13-11-14(8-10-26)5-6-15(13)19-22-20(27-24-19)18-16-7-9-21(2,3)12-17(16)25(4)23-18/h6,10-11,14H,5,7-9,12H2,1-4H3. The highest BCUT2D eigenvalue weighted by atomic mass is 16.5. The number of hydrogen-bond acceptors (Lipinski definition) is 5. The van der Waals surface area contributed by atoms with E-state index in [1.807, 2.05) is 18.7 Å². The van der Waals surface area contributed by atoms with Crippen LogP contribution in [0, 0.1) is 11.3 Å². The van der Waals surface area contributed by atoms with E-state index in [-0.39, 0.29) is 5.92 Å². The normalized spacial score (nSPS) is 21.4. The van der Waals surface area contributed by atoms with Crippen LogP contribution < -0.4 is 0 Å². The zero-order valence-corrected chi connectivity index (χ0v) is 16.5. The molecule has 0 saturated carbocycles. The predicted molar refractivity (Wildman–Crippen MR) is 103 cm³/mol. The quantitative estimate of drug-likeness (QED) is 0.767. The van der Waals surface area contributed by atoms with Gasteiger partial charge in [-0.15, -0.1) is 0 Å². The predicted octanol–water partition coefficient (Wildman–Crippen LogP) is 3.92. The molecule has 27 heavy (non-hydrogen) atoms. The van der Waals surface area contributed by atoms with Crippen molar-refractivity contribution in [2.45, 2.75) is 52.9 Å². The molecular weight excluding hydrogens is 340 g/mol. The first-order valence-corrected chi connectivity index (χ1v) is 9.60. The monoisotopic (exact) mass is 366 g/mol. The summed E-state index contributed by atoms with van der Waals surface area (Å²) in [6.07, 6.45) is 9.71. The number of carbonyl (C=O) groups excluding carboxylic acids is 1. The van der Waals surface area contributed by atoms with Crippen molar-refractivity contribution >= 4 is 11.9 Å². The lowest BCUT2D eigenvalue weighted by atomic mass is 9.76. The minimum Gasteiger partial charge on any atom is -0.332 e. The van der Waals surface area contributed by atoms with Gasteiger partial charge in [0.1, 0.15) is 6.29 Å². The second kappa shape index (κ2) is 6.59. The van der Waals surface area contributed by atoms with E-state index in [0.717, 1.165) is 48.8 Å². The molecule has 0 spiro atoms. The Labute approximate surface area is 159 Å². The summed E-state index contributed by atoms with van der Waals surface area (Å²) >= 11 is 0. The van der Waals surface area contributed by atoms with Gasteiger partial charge in [0.2, 0.25) is 5.82 Å². The van der Waals surface area contributed by atoms with Crippen LogP contribution >= 0.6 is 0 Å². The first-order chi connectivity index (χ1) is 12.9. The lowest BCUT2D eigenvalue weighted by molar-refractivity contribution is -0.108. The number of fused-ring (bicyclic) bond motifs is 1. The van der Waals surface area contributed by atoms with Crippen LogP contribution in [0.3, 0.4) is 0 Å². The summed E-state index contributed by atoms with van der Waals surface area (Å²) in [5.74, 6) is 1.35. The molecule has 2 aromatic rings. The van der Waals surface area contributed by atoms with Crippen LogP contribution in [-0.2, 0) is 24.7 Å². The summed E-state index contributed by atoms with van der Waals surface area (Å²) in [5.41, 5.74) is 5.70. The van der Waals surface area contributed by atoms with E-state index in [2.05, 4.69) is 41.2 Å². The molecule has 2 aliphatic rings. The van der Waals surface area contributed by atoms with Gasteiger partial charge in [-0.05, 0) is 49.5 Å². The summed E-state index contributed by atoms with van der Waals surface area (Å²) < 4.78 is 7.56. The molecule has 1 atom stereocenters.